The van der Waals surface area contributed by atoms with Crippen molar-refractivity contribution in [3.63, 3.8) is 0 Å². The molecule has 1 aliphatic rings. The van der Waals surface area contributed by atoms with Crippen LogP contribution in [0.2, 0.25) is 0 Å². The van der Waals surface area contributed by atoms with Gasteiger partial charge < -0.3 is 19.7 Å². The van der Waals surface area contributed by atoms with Crippen LogP contribution in [0.3, 0.4) is 0 Å². The van der Waals surface area contributed by atoms with Crippen molar-refractivity contribution in [2.75, 3.05) is 47.9 Å². The smallest absolute Gasteiger partial charge is 0.239 e. The molecular weight excluding hydrogens is 342 g/mol. The summed E-state index contributed by atoms with van der Waals surface area (Å²) >= 11 is 0. The van der Waals surface area contributed by atoms with Gasteiger partial charge in [-0.05, 0) is 76.5 Å². The lowest BCUT2D eigenvalue weighted by Crippen LogP contribution is -2.48. The fourth-order valence-electron chi connectivity index (χ4n) is 3.78. The van der Waals surface area contributed by atoms with Gasteiger partial charge in [0.15, 0.2) is 11.5 Å². The number of rotatable bonds is 9. The van der Waals surface area contributed by atoms with E-state index in [1.807, 2.05) is 39.2 Å². The standard InChI is InChI=1S/C21H35N3O3/c1-16(24-12-9-17(10-13-24)8-11-22-2)21(25)23(3)15-18-6-7-19(26-4)20(14-18)27-5/h6-7,14,16-17,22H,8-13,15H2,1-5H3. The second-order valence-corrected chi connectivity index (χ2v) is 7.43. The SMILES string of the molecule is CNCCC1CCN(C(C)C(=O)N(C)Cc2ccc(OC)c(OC)c2)CC1. The van der Waals surface area contributed by atoms with E-state index >= 15 is 0 Å². The number of piperidine rings is 1. The number of likely N-dealkylation sites (N-methyl/N-ethyl adjacent to an activating group) is 1. The van der Waals surface area contributed by atoms with E-state index in [-0.39, 0.29) is 11.9 Å². The molecule has 0 bridgehead atoms. The van der Waals surface area contributed by atoms with Crippen LogP contribution in [0.25, 0.3) is 0 Å². The van der Waals surface area contributed by atoms with Gasteiger partial charge in [0.2, 0.25) is 5.91 Å². The fraction of sp³-hybridized carbons (Fsp3) is 0.667. The maximum atomic E-state index is 12.9. The van der Waals surface area contributed by atoms with Crippen LogP contribution in [-0.4, -0.2) is 69.7 Å². The van der Waals surface area contributed by atoms with Crippen LogP contribution >= 0.6 is 0 Å². The molecule has 0 saturated carbocycles. The quantitative estimate of drug-likeness (QED) is 0.716. The van der Waals surface area contributed by atoms with Crippen molar-refractivity contribution < 1.29 is 14.3 Å². The van der Waals surface area contributed by atoms with Gasteiger partial charge >= 0.3 is 0 Å². The molecule has 1 unspecified atom stereocenters. The van der Waals surface area contributed by atoms with E-state index in [1.54, 1.807) is 19.1 Å². The minimum absolute atomic E-state index is 0.0830. The average molecular weight is 378 g/mol. The van der Waals surface area contributed by atoms with Crippen molar-refractivity contribution in [2.24, 2.45) is 5.92 Å². The number of hydrogen-bond donors (Lipinski definition) is 1. The number of benzene rings is 1. The maximum Gasteiger partial charge on any atom is 0.239 e. The minimum atomic E-state index is -0.0830. The van der Waals surface area contributed by atoms with E-state index in [1.165, 1.54) is 19.3 Å². The van der Waals surface area contributed by atoms with E-state index in [9.17, 15) is 4.79 Å². The Morgan fingerprint density at radius 3 is 2.52 bits per heavy atom. The zero-order valence-corrected chi connectivity index (χ0v) is 17.5. The van der Waals surface area contributed by atoms with E-state index in [0.717, 1.165) is 31.1 Å². The first kappa shape index (κ1) is 21.5. The molecule has 2 rings (SSSR count). The summed E-state index contributed by atoms with van der Waals surface area (Å²) in [5, 5.41) is 3.23. The number of carbonyl (C=O) groups excluding carboxylic acids is 1. The molecule has 0 aliphatic carbocycles. The molecule has 0 aromatic heterocycles. The normalized spacial score (nSPS) is 16.8. The lowest BCUT2D eigenvalue weighted by Gasteiger charge is -2.36. The summed E-state index contributed by atoms with van der Waals surface area (Å²) in [6.07, 6.45) is 3.59. The molecule has 6 heteroatoms. The average Bonchev–Trinajstić information content (AvgIpc) is 2.71. The van der Waals surface area contributed by atoms with Crippen LogP contribution in [0.4, 0.5) is 0 Å². The van der Waals surface area contributed by atoms with Crippen LogP contribution in [0.5, 0.6) is 11.5 Å². The van der Waals surface area contributed by atoms with Crippen molar-refractivity contribution in [3.8, 4) is 11.5 Å². The molecule has 0 radical (unpaired) electrons. The Labute approximate surface area is 163 Å². The molecule has 1 fully saturated rings. The first-order valence-corrected chi connectivity index (χ1v) is 9.84. The van der Waals surface area contributed by atoms with Crippen LogP contribution in [0.1, 0.15) is 31.7 Å². The molecule has 1 saturated heterocycles. The Morgan fingerprint density at radius 2 is 1.93 bits per heavy atom. The van der Waals surface area contributed by atoms with Gasteiger partial charge in [0.1, 0.15) is 0 Å². The van der Waals surface area contributed by atoms with Crippen molar-refractivity contribution in [2.45, 2.75) is 38.8 Å². The zero-order valence-electron chi connectivity index (χ0n) is 17.5. The number of likely N-dealkylation sites (tertiary alicyclic amines) is 1. The highest BCUT2D eigenvalue weighted by atomic mass is 16.5. The van der Waals surface area contributed by atoms with Crippen molar-refractivity contribution in [3.05, 3.63) is 23.8 Å². The lowest BCUT2D eigenvalue weighted by molar-refractivity contribution is -0.136. The predicted octanol–water partition coefficient (Wildman–Crippen LogP) is 2.37. The highest BCUT2D eigenvalue weighted by Gasteiger charge is 2.28. The molecule has 1 atom stereocenters. The Morgan fingerprint density at radius 1 is 1.26 bits per heavy atom. The van der Waals surface area contributed by atoms with Gasteiger partial charge in [-0.15, -0.1) is 0 Å². The molecule has 0 spiro atoms. The van der Waals surface area contributed by atoms with Crippen LogP contribution in [-0.2, 0) is 11.3 Å². The first-order chi connectivity index (χ1) is 13.0. The number of amides is 1. The van der Waals surface area contributed by atoms with Gasteiger partial charge in [-0.1, -0.05) is 6.07 Å². The number of nitrogens with zero attached hydrogens (tertiary/aromatic N) is 2. The fourth-order valence-corrected chi connectivity index (χ4v) is 3.78. The van der Waals surface area contributed by atoms with Crippen LogP contribution in [0.15, 0.2) is 18.2 Å². The molecular formula is C21H35N3O3. The van der Waals surface area contributed by atoms with Crippen molar-refractivity contribution in [1.29, 1.82) is 0 Å². The highest BCUT2D eigenvalue weighted by Crippen LogP contribution is 2.28. The first-order valence-electron chi connectivity index (χ1n) is 9.84. The topological polar surface area (TPSA) is 54.0 Å². The van der Waals surface area contributed by atoms with Gasteiger partial charge in [0.25, 0.3) is 0 Å². The van der Waals surface area contributed by atoms with Crippen molar-refractivity contribution >= 4 is 5.91 Å². The highest BCUT2D eigenvalue weighted by molar-refractivity contribution is 5.81. The van der Waals surface area contributed by atoms with Gasteiger partial charge in [0, 0.05) is 13.6 Å². The maximum absolute atomic E-state index is 12.9. The van der Waals surface area contributed by atoms with E-state index < -0.39 is 0 Å². The number of nitrogens with one attached hydrogen (secondary N) is 1. The predicted molar refractivity (Wildman–Crippen MR) is 108 cm³/mol. The molecule has 6 nitrogen and oxygen atoms in total. The zero-order chi connectivity index (χ0) is 19.8. The van der Waals surface area contributed by atoms with Gasteiger partial charge in [-0.3, -0.25) is 9.69 Å². The van der Waals surface area contributed by atoms with E-state index in [2.05, 4.69) is 10.2 Å². The van der Waals surface area contributed by atoms with E-state index in [0.29, 0.717) is 18.0 Å². The van der Waals surface area contributed by atoms with Gasteiger partial charge in [-0.25, -0.2) is 0 Å². The molecule has 27 heavy (non-hydrogen) atoms. The molecule has 152 valence electrons. The monoisotopic (exact) mass is 377 g/mol. The molecule has 1 N–H and O–H groups in total. The molecule has 1 aromatic carbocycles. The third-order valence-electron chi connectivity index (χ3n) is 5.60. The summed E-state index contributed by atoms with van der Waals surface area (Å²) < 4.78 is 10.6. The number of ether oxygens (including phenoxy) is 2. The van der Waals surface area contributed by atoms with Crippen LogP contribution in [0, 0.1) is 5.92 Å². The summed E-state index contributed by atoms with van der Waals surface area (Å²) in [5.41, 5.74) is 1.03. The Hall–Kier alpha value is -1.79. The Balaban J connectivity index is 1.89. The van der Waals surface area contributed by atoms with Gasteiger partial charge in [0.05, 0.1) is 20.3 Å². The minimum Gasteiger partial charge on any atom is -0.493 e. The van der Waals surface area contributed by atoms with Crippen LogP contribution < -0.4 is 14.8 Å². The number of carbonyl (C=O) groups is 1. The largest absolute Gasteiger partial charge is 0.493 e. The second kappa shape index (κ2) is 10.5. The Kier molecular flexibility index (Phi) is 8.38. The van der Waals surface area contributed by atoms with E-state index in [4.69, 9.17) is 9.47 Å². The summed E-state index contributed by atoms with van der Waals surface area (Å²) in [7, 11) is 7.12. The number of methoxy groups -OCH3 is 2. The van der Waals surface area contributed by atoms with Gasteiger partial charge in [-0.2, -0.15) is 0 Å². The van der Waals surface area contributed by atoms with Crippen molar-refractivity contribution in [1.82, 2.24) is 15.1 Å². The number of hydrogen-bond acceptors (Lipinski definition) is 5. The third-order valence-corrected chi connectivity index (χ3v) is 5.60. The molecule has 1 heterocycles. The summed E-state index contributed by atoms with van der Waals surface area (Å²) in [6.45, 7) is 5.67. The Bertz CT molecular complexity index is 600. The summed E-state index contributed by atoms with van der Waals surface area (Å²) in [4.78, 5) is 17.0. The molecule has 1 aliphatic heterocycles. The summed E-state index contributed by atoms with van der Waals surface area (Å²) in [5.74, 6) is 2.33. The summed E-state index contributed by atoms with van der Waals surface area (Å²) in [6, 6.07) is 5.70. The molecule has 1 aromatic rings. The second-order valence-electron chi connectivity index (χ2n) is 7.43. The lowest BCUT2D eigenvalue weighted by atomic mass is 9.92. The molecule has 1 amide bonds. The third kappa shape index (κ3) is 5.84.